The summed E-state index contributed by atoms with van der Waals surface area (Å²) in [5.74, 6) is -0.120. The molecule has 1 heterocycles. The van der Waals surface area contributed by atoms with Crippen molar-refractivity contribution in [1.29, 1.82) is 0 Å². The van der Waals surface area contributed by atoms with E-state index in [0.29, 0.717) is 11.6 Å². The van der Waals surface area contributed by atoms with E-state index in [9.17, 15) is 9.90 Å². The largest absolute Gasteiger partial charge is 0.480 e. The van der Waals surface area contributed by atoms with Crippen LogP contribution in [0.2, 0.25) is 0 Å². The molecule has 5 nitrogen and oxygen atoms in total. The summed E-state index contributed by atoms with van der Waals surface area (Å²) in [5.41, 5.74) is 0.977. The van der Waals surface area contributed by atoms with Crippen LogP contribution in [0.4, 0.5) is 5.13 Å². The molecule has 1 aromatic heterocycles. The summed E-state index contributed by atoms with van der Waals surface area (Å²) in [6.07, 6.45) is 2.20. The Morgan fingerprint density at radius 3 is 2.80 bits per heavy atom. The van der Waals surface area contributed by atoms with Gasteiger partial charge >= 0.3 is 5.97 Å². The first kappa shape index (κ1) is 14.5. The van der Waals surface area contributed by atoms with Gasteiger partial charge in [-0.25, -0.2) is 9.78 Å². The van der Waals surface area contributed by atoms with Crippen molar-refractivity contribution >= 4 is 22.6 Å². The van der Waals surface area contributed by atoms with Gasteiger partial charge in [-0.05, 0) is 12.0 Å². The summed E-state index contributed by atoms with van der Waals surface area (Å²) in [5, 5.41) is 12.8. The van der Waals surface area contributed by atoms with Crippen LogP contribution in [-0.4, -0.2) is 26.5 Å². The molecule has 0 aliphatic rings. The Kier molecular flexibility index (Phi) is 5.06. The van der Waals surface area contributed by atoms with Gasteiger partial charge in [-0.2, -0.15) is 4.37 Å². The first-order valence-electron chi connectivity index (χ1n) is 6.55. The summed E-state index contributed by atoms with van der Waals surface area (Å²) in [6, 6.07) is 8.85. The Balaban J connectivity index is 2.03. The summed E-state index contributed by atoms with van der Waals surface area (Å²) in [4.78, 5) is 15.6. The van der Waals surface area contributed by atoms with Crippen LogP contribution in [0, 0.1) is 0 Å². The lowest BCUT2D eigenvalue weighted by Gasteiger charge is -2.13. The summed E-state index contributed by atoms with van der Waals surface area (Å²) in [7, 11) is 0. The minimum atomic E-state index is -0.888. The van der Waals surface area contributed by atoms with E-state index in [2.05, 4.69) is 21.6 Å². The molecule has 106 valence electrons. The van der Waals surface area contributed by atoms with E-state index in [1.807, 2.05) is 30.3 Å². The van der Waals surface area contributed by atoms with Crippen LogP contribution in [0.5, 0.6) is 0 Å². The predicted octanol–water partition coefficient (Wildman–Crippen LogP) is 2.60. The number of aromatic nitrogens is 2. The van der Waals surface area contributed by atoms with Gasteiger partial charge in [0.1, 0.15) is 11.9 Å². The van der Waals surface area contributed by atoms with Crippen LogP contribution >= 0.6 is 11.5 Å². The van der Waals surface area contributed by atoms with Crippen LogP contribution < -0.4 is 5.32 Å². The highest BCUT2D eigenvalue weighted by molar-refractivity contribution is 7.09. The number of nitrogens with zero attached hydrogens (tertiary/aromatic N) is 2. The minimum absolute atomic E-state index is 0.416. The first-order valence-corrected chi connectivity index (χ1v) is 7.32. The van der Waals surface area contributed by atoms with Crippen molar-refractivity contribution in [1.82, 2.24) is 9.36 Å². The van der Waals surface area contributed by atoms with Gasteiger partial charge in [-0.15, -0.1) is 0 Å². The zero-order valence-electron chi connectivity index (χ0n) is 11.2. The maximum atomic E-state index is 11.3. The third-order valence-electron chi connectivity index (χ3n) is 2.82. The van der Waals surface area contributed by atoms with Crippen LogP contribution in [0.15, 0.2) is 30.3 Å². The summed E-state index contributed by atoms with van der Waals surface area (Å²) < 4.78 is 4.20. The van der Waals surface area contributed by atoms with Crippen molar-refractivity contribution in [2.45, 2.75) is 32.2 Å². The molecule has 2 aromatic rings. The van der Waals surface area contributed by atoms with E-state index in [0.717, 1.165) is 24.2 Å². The third-order valence-corrected chi connectivity index (χ3v) is 3.50. The lowest BCUT2D eigenvalue weighted by molar-refractivity contribution is -0.137. The molecule has 6 heteroatoms. The van der Waals surface area contributed by atoms with Crippen LogP contribution in [0.1, 0.15) is 24.7 Å². The lowest BCUT2D eigenvalue weighted by Crippen LogP contribution is -2.31. The molecule has 0 fully saturated rings. The van der Waals surface area contributed by atoms with Gasteiger partial charge < -0.3 is 10.4 Å². The normalized spacial score (nSPS) is 12.1. The highest BCUT2D eigenvalue weighted by atomic mass is 32.1. The predicted molar refractivity (Wildman–Crippen MR) is 79.1 cm³/mol. The average Bonchev–Trinajstić information content (AvgIpc) is 2.87. The number of anilines is 1. The Morgan fingerprint density at radius 2 is 2.15 bits per heavy atom. The zero-order chi connectivity index (χ0) is 14.4. The monoisotopic (exact) mass is 291 g/mol. The van der Waals surface area contributed by atoms with Gasteiger partial charge in [0.15, 0.2) is 0 Å². The Hall–Kier alpha value is -1.95. The second kappa shape index (κ2) is 7.00. The van der Waals surface area contributed by atoms with E-state index in [4.69, 9.17) is 0 Å². The van der Waals surface area contributed by atoms with E-state index in [1.165, 1.54) is 11.5 Å². The number of benzene rings is 1. The molecule has 1 atom stereocenters. The lowest BCUT2D eigenvalue weighted by atomic mass is 10.1. The number of carboxylic acids is 1. The van der Waals surface area contributed by atoms with Crippen LogP contribution in [-0.2, 0) is 17.6 Å². The molecule has 1 aromatic carbocycles. The third kappa shape index (κ3) is 4.03. The SMILES string of the molecule is CCCc1nsc(N[C@H](Cc2ccccc2)C(=O)O)n1. The minimum Gasteiger partial charge on any atom is -0.480 e. The van der Waals surface area contributed by atoms with Crippen molar-refractivity contribution in [2.24, 2.45) is 0 Å². The second-order valence-corrected chi connectivity index (χ2v) is 5.24. The van der Waals surface area contributed by atoms with Gasteiger partial charge in [-0.3, -0.25) is 0 Å². The first-order chi connectivity index (χ1) is 9.69. The molecular weight excluding hydrogens is 274 g/mol. The fraction of sp³-hybridized carbons (Fsp3) is 0.357. The van der Waals surface area contributed by atoms with E-state index in [1.54, 1.807) is 0 Å². The van der Waals surface area contributed by atoms with Crippen molar-refractivity contribution in [3.05, 3.63) is 41.7 Å². The fourth-order valence-electron chi connectivity index (χ4n) is 1.84. The molecular formula is C14H17N3O2S. The topological polar surface area (TPSA) is 75.1 Å². The molecule has 0 amide bonds. The zero-order valence-corrected chi connectivity index (χ0v) is 12.1. The molecule has 0 aliphatic carbocycles. The number of carboxylic acid groups (broad SMARTS) is 1. The molecule has 0 radical (unpaired) electrons. The number of rotatable bonds is 7. The van der Waals surface area contributed by atoms with Crippen molar-refractivity contribution in [3.63, 3.8) is 0 Å². The molecule has 20 heavy (non-hydrogen) atoms. The standard InChI is InChI=1S/C14H17N3O2S/c1-2-6-12-16-14(20-17-12)15-11(13(18)19)9-10-7-4-3-5-8-10/h3-5,7-8,11H,2,6,9H2,1H3,(H,18,19)(H,15,16,17)/t11-/m1/s1. The number of aryl methyl sites for hydroxylation is 1. The highest BCUT2D eigenvalue weighted by Crippen LogP contribution is 2.15. The van der Waals surface area contributed by atoms with Crippen LogP contribution in [0.3, 0.4) is 0 Å². The highest BCUT2D eigenvalue weighted by Gasteiger charge is 2.19. The number of nitrogens with one attached hydrogen (secondary N) is 1. The average molecular weight is 291 g/mol. The van der Waals surface area contributed by atoms with Gasteiger partial charge in [0.05, 0.1) is 0 Å². The van der Waals surface area contributed by atoms with Crippen LogP contribution in [0.25, 0.3) is 0 Å². The van der Waals surface area contributed by atoms with Gasteiger partial charge in [-0.1, -0.05) is 37.3 Å². The molecule has 0 spiro atoms. The fourth-order valence-corrected chi connectivity index (χ4v) is 2.50. The van der Waals surface area contributed by atoms with E-state index in [-0.39, 0.29) is 0 Å². The van der Waals surface area contributed by atoms with Gasteiger partial charge in [0.2, 0.25) is 5.13 Å². The quantitative estimate of drug-likeness (QED) is 0.820. The van der Waals surface area contributed by atoms with E-state index >= 15 is 0 Å². The number of carbonyl (C=O) groups is 1. The van der Waals surface area contributed by atoms with Crippen molar-refractivity contribution in [3.8, 4) is 0 Å². The van der Waals surface area contributed by atoms with E-state index < -0.39 is 12.0 Å². The Labute approximate surface area is 121 Å². The van der Waals surface area contributed by atoms with Crippen molar-refractivity contribution < 1.29 is 9.90 Å². The number of aliphatic carboxylic acids is 1. The summed E-state index contributed by atoms with van der Waals surface area (Å²) >= 11 is 1.21. The second-order valence-electron chi connectivity index (χ2n) is 4.49. The van der Waals surface area contributed by atoms with Gasteiger partial charge in [0, 0.05) is 24.4 Å². The molecule has 0 aliphatic heterocycles. The smallest absolute Gasteiger partial charge is 0.326 e. The Bertz CT molecular complexity index is 557. The number of hydrogen-bond acceptors (Lipinski definition) is 5. The maximum Gasteiger partial charge on any atom is 0.326 e. The van der Waals surface area contributed by atoms with Crippen molar-refractivity contribution in [2.75, 3.05) is 5.32 Å². The molecule has 0 saturated heterocycles. The molecule has 2 rings (SSSR count). The molecule has 0 unspecified atom stereocenters. The summed E-state index contributed by atoms with van der Waals surface area (Å²) in [6.45, 7) is 2.06. The number of hydrogen-bond donors (Lipinski definition) is 2. The maximum absolute atomic E-state index is 11.3. The molecule has 0 saturated carbocycles. The van der Waals surface area contributed by atoms with Gasteiger partial charge in [0.25, 0.3) is 0 Å². The molecule has 0 bridgehead atoms. The molecule has 2 N–H and O–H groups in total. The Morgan fingerprint density at radius 1 is 1.40 bits per heavy atom.